The Morgan fingerprint density at radius 3 is 2.60 bits per heavy atom. The molecule has 0 saturated carbocycles. The molecule has 5 heteroatoms. The van der Waals surface area contributed by atoms with Crippen molar-refractivity contribution < 1.29 is 9.22 Å². The molecule has 3 nitrogen and oxygen atoms in total. The number of benzene rings is 1. The van der Waals surface area contributed by atoms with Crippen molar-refractivity contribution in [2.24, 2.45) is 0 Å². The minimum absolute atomic E-state index is 0.00914. The highest BCUT2D eigenvalue weighted by atomic mass is 79.9. The van der Waals surface area contributed by atoms with Crippen LogP contribution in [0, 0.1) is 0 Å². The van der Waals surface area contributed by atoms with E-state index in [2.05, 4.69) is 61.2 Å². The molecule has 110 valence electrons. The molecule has 0 unspecified atom stereocenters. The van der Waals surface area contributed by atoms with Gasteiger partial charge >= 0.3 is 0 Å². The van der Waals surface area contributed by atoms with Crippen LogP contribution in [0.15, 0.2) is 16.6 Å². The van der Waals surface area contributed by atoms with Crippen LogP contribution in [0.1, 0.15) is 42.3 Å². The van der Waals surface area contributed by atoms with Crippen molar-refractivity contribution in [2.75, 3.05) is 0 Å². The Morgan fingerprint density at radius 1 is 1.35 bits per heavy atom. The fraction of sp³-hybridized carbons (Fsp3) is 0.533. The number of carbonyl (C=O) groups is 1. The van der Waals surface area contributed by atoms with E-state index in [9.17, 15) is 4.79 Å². The number of amides is 1. The van der Waals surface area contributed by atoms with Crippen molar-refractivity contribution in [1.29, 1.82) is 0 Å². The molecule has 1 aromatic carbocycles. The first-order valence-electron chi connectivity index (χ1n) is 6.85. The Kier molecular flexibility index (Phi) is 4.15. The van der Waals surface area contributed by atoms with Crippen molar-refractivity contribution in [2.45, 2.75) is 52.1 Å². The van der Waals surface area contributed by atoms with Crippen molar-refractivity contribution in [3.8, 4) is 0 Å². The lowest BCUT2D eigenvalue weighted by Gasteiger charge is -2.36. The molecule has 1 aromatic rings. The molecule has 0 fully saturated rings. The Morgan fingerprint density at radius 2 is 2.00 bits per heavy atom. The van der Waals surface area contributed by atoms with E-state index in [0.717, 1.165) is 21.2 Å². The molecule has 0 aliphatic carbocycles. The second-order valence-corrected chi connectivity index (χ2v) is 12.5. The molecule has 0 spiro atoms. The summed E-state index contributed by atoms with van der Waals surface area (Å²) in [5, 5.41) is 3.04. The number of fused-ring (bicyclic) bond motifs is 1. The van der Waals surface area contributed by atoms with Gasteiger partial charge in [0.15, 0.2) is 8.32 Å². The highest BCUT2D eigenvalue weighted by Crippen LogP contribution is 2.37. The molecular formula is C15H22BrNO2Si. The zero-order chi connectivity index (χ0) is 15.1. The van der Waals surface area contributed by atoms with Crippen LogP contribution >= 0.6 is 15.9 Å². The van der Waals surface area contributed by atoms with Crippen molar-refractivity contribution >= 4 is 30.2 Å². The average Bonchev–Trinajstić information content (AvgIpc) is 2.68. The van der Waals surface area contributed by atoms with Crippen LogP contribution in [0.5, 0.6) is 0 Å². The molecule has 1 amide bonds. The van der Waals surface area contributed by atoms with Gasteiger partial charge in [0.25, 0.3) is 5.91 Å². The lowest BCUT2D eigenvalue weighted by molar-refractivity contribution is 0.0965. The van der Waals surface area contributed by atoms with Gasteiger partial charge in [-0.15, -0.1) is 0 Å². The molecule has 1 N–H and O–H groups in total. The minimum Gasteiger partial charge on any atom is -0.413 e. The molecule has 0 saturated heterocycles. The van der Waals surface area contributed by atoms with Gasteiger partial charge in [0.1, 0.15) is 0 Å². The van der Waals surface area contributed by atoms with Gasteiger partial charge in [0.05, 0.1) is 6.61 Å². The van der Waals surface area contributed by atoms with Crippen LogP contribution in [-0.2, 0) is 17.6 Å². The Labute approximate surface area is 130 Å². The van der Waals surface area contributed by atoms with Crippen LogP contribution < -0.4 is 5.32 Å². The number of carbonyl (C=O) groups excluding carboxylic acids is 1. The van der Waals surface area contributed by atoms with E-state index in [4.69, 9.17) is 4.43 Å². The van der Waals surface area contributed by atoms with E-state index in [-0.39, 0.29) is 10.9 Å². The van der Waals surface area contributed by atoms with Crippen LogP contribution in [0.4, 0.5) is 0 Å². The number of hydrogen-bond donors (Lipinski definition) is 1. The lowest BCUT2D eigenvalue weighted by atomic mass is 10.1. The molecule has 1 aliphatic heterocycles. The van der Waals surface area contributed by atoms with Crippen molar-refractivity contribution in [1.82, 2.24) is 5.32 Å². The zero-order valence-electron chi connectivity index (χ0n) is 12.8. The summed E-state index contributed by atoms with van der Waals surface area (Å²) < 4.78 is 7.20. The van der Waals surface area contributed by atoms with Gasteiger partial charge in [-0.05, 0) is 41.4 Å². The monoisotopic (exact) mass is 355 g/mol. The van der Waals surface area contributed by atoms with E-state index in [1.165, 1.54) is 0 Å². The zero-order valence-corrected chi connectivity index (χ0v) is 15.3. The summed E-state index contributed by atoms with van der Waals surface area (Å²) in [6.07, 6.45) is 0. The molecule has 0 atom stereocenters. The molecule has 20 heavy (non-hydrogen) atoms. The summed E-state index contributed by atoms with van der Waals surface area (Å²) in [5.41, 5.74) is 2.87. The maximum atomic E-state index is 11.8. The molecular weight excluding hydrogens is 334 g/mol. The first-order valence-corrected chi connectivity index (χ1v) is 10.6. The van der Waals surface area contributed by atoms with E-state index >= 15 is 0 Å². The van der Waals surface area contributed by atoms with Gasteiger partial charge in [0.2, 0.25) is 0 Å². The third-order valence-electron chi connectivity index (χ3n) is 4.33. The Balaban J connectivity index is 2.18. The van der Waals surface area contributed by atoms with Crippen molar-refractivity contribution in [3.05, 3.63) is 33.3 Å². The van der Waals surface area contributed by atoms with E-state index < -0.39 is 8.32 Å². The summed E-state index contributed by atoms with van der Waals surface area (Å²) in [5.74, 6) is 0.00914. The lowest BCUT2D eigenvalue weighted by Crippen LogP contribution is -2.40. The second-order valence-electron chi connectivity index (χ2n) is 6.84. The average molecular weight is 356 g/mol. The first kappa shape index (κ1) is 15.7. The predicted octanol–water partition coefficient (Wildman–Crippen LogP) is 4.21. The predicted molar refractivity (Wildman–Crippen MR) is 87.3 cm³/mol. The maximum absolute atomic E-state index is 11.8. The van der Waals surface area contributed by atoms with Gasteiger partial charge in [0, 0.05) is 16.6 Å². The summed E-state index contributed by atoms with van der Waals surface area (Å²) in [4.78, 5) is 11.8. The molecule has 1 aliphatic rings. The topological polar surface area (TPSA) is 38.3 Å². The summed E-state index contributed by atoms with van der Waals surface area (Å²) in [6, 6.07) is 4.02. The van der Waals surface area contributed by atoms with Crippen LogP contribution in [0.2, 0.25) is 18.1 Å². The minimum atomic E-state index is -1.76. The second kappa shape index (κ2) is 5.28. The van der Waals surface area contributed by atoms with Gasteiger partial charge in [-0.2, -0.15) is 0 Å². The number of hydrogen-bond acceptors (Lipinski definition) is 2. The third kappa shape index (κ3) is 2.99. The summed E-state index contributed by atoms with van der Waals surface area (Å²) in [7, 11) is -1.76. The van der Waals surface area contributed by atoms with E-state index in [0.29, 0.717) is 13.2 Å². The smallest absolute Gasteiger partial charge is 0.251 e. The number of rotatable bonds is 3. The Bertz CT molecular complexity index is 550. The molecule has 1 heterocycles. The van der Waals surface area contributed by atoms with E-state index in [1.807, 2.05) is 6.07 Å². The Hall–Kier alpha value is -0.653. The van der Waals surface area contributed by atoms with Crippen LogP contribution in [0.25, 0.3) is 0 Å². The molecule has 0 bridgehead atoms. The van der Waals surface area contributed by atoms with Crippen LogP contribution in [0.3, 0.4) is 0 Å². The summed E-state index contributed by atoms with van der Waals surface area (Å²) >= 11 is 3.55. The van der Waals surface area contributed by atoms with Gasteiger partial charge < -0.3 is 9.74 Å². The molecule has 0 radical (unpaired) electrons. The SMILES string of the molecule is CC(C)(C)[Si](C)(C)OCc1cc(Br)c2c(c1)C(=O)NC2. The highest BCUT2D eigenvalue weighted by Gasteiger charge is 2.37. The van der Waals surface area contributed by atoms with Gasteiger partial charge in [-0.3, -0.25) is 4.79 Å². The fourth-order valence-electron chi connectivity index (χ4n) is 1.90. The largest absolute Gasteiger partial charge is 0.413 e. The molecule has 2 rings (SSSR count). The fourth-order valence-corrected chi connectivity index (χ4v) is 3.51. The standard InChI is InChI=1S/C15H22BrNO2Si/c1-15(2,3)20(4,5)19-9-10-6-11-12(13(16)7-10)8-17-14(11)18/h6-7H,8-9H2,1-5H3,(H,17,18). The number of nitrogens with one attached hydrogen (secondary N) is 1. The normalized spacial score (nSPS) is 15.2. The third-order valence-corrected chi connectivity index (χ3v) is 9.52. The highest BCUT2D eigenvalue weighted by molar-refractivity contribution is 9.10. The molecule has 0 aromatic heterocycles. The maximum Gasteiger partial charge on any atom is 0.251 e. The number of halogens is 1. The quantitative estimate of drug-likeness (QED) is 0.824. The van der Waals surface area contributed by atoms with Crippen molar-refractivity contribution in [3.63, 3.8) is 0 Å². The van der Waals surface area contributed by atoms with Gasteiger partial charge in [-0.25, -0.2) is 0 Å². The van der Waals surface area contributed by atoms with E-state index in [1.54, 1.807) is 0 Å². The first-order chi connectivity index (χ1) is 9.12. The summed E-state index contributed by atoms with van der Waals surface area (Å²) in [6.45, 7) is 12.3. The van der Waals surface area contributed by atoms with Crippen LogP contribution in [-0.4, -0.2) is 14.2 Å². The van der Waals surface area contributed by atoms with Gasteiger partial charge in [-0.1, -0.05) is 36.7 Å².